The first-order chi connectivity index (χ1) is 4.18. The first kappa shape index (κ1) is 10.5. The van der Waals surface area contributed by atoms with E-state index in [1.807, 2.05) is 0 Å². The van der Waals surface area contributed by atoms with Gasteiger partial charge in [-0.1, -0.05) is 0 Å². The van der Waals surface area contributed by atoms with Gasteiger partial charge in [-0.2, -0.15) is 0 Å². The normalized spacial score (nSPS) is 8.70. The van der Waals surface area contributed by atoms with Crippen LogP contribution in [0.3, 0.4) is 0 Å². The van der Waals surface area contributed by atoms with Crippen molar-refractivity contribution in [1.29, 1.82) is 0 Å². The topological polar surface area (TPSA) is 25.8 Å². The zero-order chi connectivity index (χ0) is 6.85. The monoisotopic (exact) mass is 188 g/mol. The Balaban J connectivity index is 0.000000810. The summed E-state index contributed by atoms with van der Waals surface area (Å²) in [4.78, 5) is 7.03. The van der Waals surface area contributed by atoms with Crippen LogP contribution in [0.4, 0.5) is 0 Å². The van der Waals surface area contributed by atoms with Crippen molar-refractivity contribution in [3.8, 4) is 0 Å². The summed E-state index contributed by atoms with van der Waals surface area (Å²) in [6.07, 6.45) is 0. The van der Waals surface area contributed by atoms with Gasteiger partial charge in [0.15, 0.2) is 0 Å². The van der Waals surface area contributed by atoms with Crippen LogP contribution >= 0.6 is 34.8 Å². The van der Waals surface area contributed by atoms with E-state index in [1.54, 1.807) is 0 Å². The zero-order valence-electron chi connectivity index (χ0n) is 5.03. The van der Waals surface area contributed by atoms with Gasteiger partial charge in [0.1, 0.15) is 0 Å². The van der Waals surface area contributed by atoms with E-state index in [2.05, 4.69) is 16.0 Å². The van der Waals surface area contributed by atoms with Crippen LogP contribution in [-0.2, 0) is 0 Å². The molecule has 1 rings (SSSR count). The van der Waals surface area contributed by atoms with E-state index >= 15 is 0 Å². The van der Waals surface area contributed by atoms with Crippen molar-refractivity contribution in [1.82, 2.24) is 9.97 Å². The van der Waals surface area contributed by atoms with Gasteiger partial charge >= 0.3 is 18.9 Å². The number of hydrogen-bond donors (Lipinski definition) is 0. The summed E-state index contributed by atoms with van der Waals surface area (Å²) in [5, 5.41) is 0.281. The summed E-state index contributed by atoms with van der Waals surface area (Å²) in [5.74, 6) is 0. The fourth-order valence-corrected chi connectivity index (χ4v) is 0.971. The first-order valence-corrected chi connectivity index (χ1v) is 3.10. The maximum absolute atomic E-state index is 5.37. The molecule has 48 valence electrons. The molecule has 0 aliphatic carbocycles. The zero-order valence-corrected chi connectivity index (χ0v) is 7.30. The van der Waals surface area contributed by atoms with Crippen LogP contribution in [0.25, 0.3) is 0 Å². The van der Waals surface area contributed by atoms with Gasteiger partial charge in [-0.05, 0) is 21.9 Å². The molecule has 1 aromatic heterocycles. The van der Waals surface area contributed by atoms with Gasteiger partial charge in [-0.3, -0.25) is 0 Å². The van der Waals surface area contributed by atoms with Crippen LogP contribution in [0.2, 0.25) is 15.6 Å². The Kier molecular flexibility index (Phi) is 4.67. The molecule has 0 radical (unpaired) electrons. The van der Waals surface area contributed by atoms with Gasteiger partial charge in [0.05, 0.1) is 0 Å². The van der Waals surface area contributed by atoms with E-state index in [0.29, 0.717) is 0 Å². The molecule has 0 N–H and O–H groups in total. The molecule has 0 aliphatic heterocycles. The molecule has 0 aliphatic rings. The van der Waals surface area contributed by atoms with Crippen molar-refractivity contribution in [2.45, 2.75) is 0 Å². The van der Waals surface area contributed by atoms with Gasteiger partial charge in [-0.25, -0.2) is 9.97 Å². The minimum atomic E-state index is 0. The molecule has 0 fully saturated rings. The molecule has 0 saturated heterocycles. The third-order valence-corrected chi connectivity index (χ3v) is 1.11. The average Bonchev–Trinajstić information content (AvgIpc) is 1.59. The Morgan fingerprint density at radius 3 is 1.70 bits per heavy atom. The standard InChI is InChI=1S/C4Cl3N2.Li/c5-2-1-3(6)9-4(7)8-2;/q-1;+1. The fourth-order valence-electron chi connectivity index (χ4n) is 0.328. The van der Waals surface area contributed by atoms with E-state index < -0.39 is 0 Å². The Morgan fingerprint density at radius 1 is 1.00 bits per heavy atom. The average molecular weight is 189 g/mol. The maximum Gasteiger partial charge on any atom is 1.00 e. The number of aromatic nitrogens is 2. The fraction of sp³-hybridized carbons (Fsp3) is 0. The second-order valence-corrected chi connectivity index (χ2v) is 2.25. The van der Waals surface area contributed by atoms with Crippen molar-refractivity contribution in [2.24, 2.45) is 0 Å². The van der Waals surface area contributed by atoms with Crippen LogP contribution in [0.15, 0.2) is 0 Å². The molecular formula is C4Cl3LiN2. The van der Waals surface area contributed by atoms with Gasteiger partial charge in [0, 0.05) is 0 Å². The van der Waals surface area contributed by atoms with Gasteiger partial charge < -0.3 is 6.07 Å². The largest absolute Gasteiger partial charge is 1.00 e. The molecule has 0 amide bonds. The third kappa shape index (κ3) is 3.09. The third-order valence-electron chi connectivity index (χ3n) is 0.587. The van der Waals surface area contributed by atoms with E-state index in [4.69, 9.17) is 34.8 Å². The SMILES string of the molecule is Clc1[c-]c(Cl)nc(Cl)n1.[Li+]. The Morgan fingerprint density at radius 2 is 1.40 bits per heavy atom. The summed E-state index contributed by atoms with van der Waals surface area (Å²) in [6.45, 7) is 0. The van der Waals surface area contributed by atoms with E-state index in [0.717, 1.165) is 0 Å². The minimum Gasteiger partial charge on any atom is -0.393 e. The van der Waals surface area contributed by atoms with Crippen molar-refractivity contribution in [2.75, 3.05) is 0 Å². The van der Waals surface area contributed by atoms with Crippen molar-refractivity contribution < 1.29 is 18.9 Å². The van der Waals surface area contributed by atoms with Crippen molar-refractivity contribution in [3.05, 3.63) is 21.7 Å². The smallest absolute Gasteiger partial charge is 0.393 e. The van der Waals surface area contributed by atoms with Crippen LogP contribution in [0.5, 0.6) is 0 Å². The predicted octanol–water partition coefficient (Wildman–Crippen LogP) is -0.759. The van der Waals surface area contributed by atoms with Crippen LogP contribution in [-0.4, -0.2) is 9.97 Å². The van der Waals surface area contributed by atoms with Gasteiger partial charge in [0.2, 0.25) is 5.28 Å². The molecule has 1 aromatic rings. The Hall–Kier alpha value is 0.547. The van der Waals surface area contributed by atoms with E-state index in [-0.39, 0.29) is 34.5 Å². The molecule has 0 spiro atoms. The molecule has 0 aromatic carbocycles. The van der Waals surface area contributed by atoms with Crippen molar-refractivity contribution in [3.63, 3.8) is 0 Å². The summed E-state index contributed by atoms with van der Waals surface area (Å²) in [6, 6.07) is 2.44. The van der Waals surface area contributed by atoms with Crippen LogP contribution < -0.4 is 18.9 Å². The second kappa shape index (κ2) is 4.43. The van der Waals surface area contributed by atoms with E-state index in [9.17, 15) is 0 Å². The molecule has 0 unspecified atom stereocenters. The maximum atomic E-state index is 5.37. The second-order valence-electron chi connectivity index (χ2n) is 1.20. The van der Waals surface area contributed by atoms with Crippen LogP contribution in [0.1, 0.15) is 0 Å². The summed E-state index contributed by atoms with van der Waals surface area (Å²) in [7, 11) is 0. The number of hydrogen-bond acceptors (Lipinski definition) is 2. The van der Waals surface area contributed by atoms with Crippen LogP contribution in [0, 0.1) is 6.07 Å². The van der Waals surface area contributed by atoms with Crippen molar-refractivity contribution >= 4 is 34.8 Å². The number of rotatable bonds is 0. The molecule has 0 atom stereocenters. The number of halogens is 3. The molecule has 6 heteroatoms. The Bertz CT molecular complexity index is 179. The molecular weight excluding hydrogens is 189 g/mol. The van der Waals surface area contributed by atoms with Gasteiger partial charge in [0.25, 0.3) is 0 Å². The van der Waals surface area contributed by atoms with Gasteiger partial charge in [-0.15, -0.1) is 23.2 Å². The quantitative estimate of drug-likeness (QED) is 0.232. The predicted molar refractivity (Wildman–Crippen MR) is 35.9 cm³/mol. The van der Waals surface area contributed by atoms with E-state index in [1.165, 1.54) is 0 Å². The molecule has 0 bridgehead atoms. The summed E-state index contributed by atoms with van der Waals surface area (Å²) in [5.41, 5.74) is 0. The minimum absolute atomic E-state index is 0. The molecule has 1 heterocycles. The Labute approximate surface area is 85.1 Å². The molecule has 10 heavy (non-hydrogen) atoms. The molecule has 2 nitrogen and oxygen atoms in total. The summed E-state index contributed by atoms with van der Waals surface area (Å²) >= 11 is 16.1. The molecule has 0 saturated carbocycles. The summed E-state index contributed by atoms with van der Waals surface area (Å²) < 4.78 is 0. The number of nitrogens with zero attached hydrogens (tertiary/aromatic N) is 2. The first-order valence-electron chi connectivity index (χ1n) is 1.96.